The van der Waals surface area contributed by atoms with Gasteiger partial charge in [-0.15, -0.1) is 11.8 Å². The maximum atomic E-state index is 12.6. The monoisotopic (exact) mass is 416 g/mol. The van der Waals surface area contributed by atoms with E-state index in [1.165, 1.54) is 5.56 Å². The molecule has 4 nitrogen and oxygen atoms in total. The first-order chi connectivity index (χ1) is 14.6. The number of nitrogens with one attached hydrogen (secondary N) is 1. The average molecular weight is 417 g/mol. The van der Waals surface area contributed by atoms with Crippen molar-refractivity contribution in [3.8, 4) is 0 Å². The molecular weight excluding hydrogens is 392 g/mol. The highest BCUT2D eigenvalue weighted by atomic mass is 32.2. The number of nitrogens with zero attached hydrogens (tertiary/aromatic N) is 1. The third-order valence-electron chi connectivity index (χ3n) is 5.24. The fourth-order valence-electron chi connectivity index (χ4n) is 3.51. The van der Waals surface area contributed by atoms with Crippen molar-refractivity contribution in [2.24, 2.45) is 0 Å². The van der Waals surface area contributed by atoms with Gasteiger partial charge in [0.1, 0.15) is 5.37 Å². The molecule has 3 aromatic carbocycles. The molecular formula is C25H24N2O2S. The van der Waals surface area contributed by atoms with Crippen molar-refractivity contribution in [1.82, 2.24) is 4.90 Å². The minimum atomic E-state index is -0.137. The minimum absolute atomic E-state index is 0.0311. The maximum Gasteiger partial charge on any atom is 0.255 e. The number of hydrogen-bond donors (Lipinski definition) is 1. The van der Waals surface area contributed by atoms with Crippen LogP contribution >= 0.6 is 11.8 Å². The van der Waals surface area contributed by atoms with Crippen molar-refractivity contribution in [2.45, 2.75) is 25.3 Å². The van der Waals surface area contributed by atoms with Crippen molar-refractivity contribution in [2.75, 3.05) is 11.1 Å². The van der Waals surface area contributed by atoms with Gasteiger partial charge in [0.2, 0.25) is 5.91 Å². The van der Waals surface area contributed by atoms with Crippen molar-refractivity contribution in [3.63, 3.8) is 0 Å². The second-order valence-corrected chi connectivity index (χ2v) is 8.37. The molecule has 1 heterocycles. The van der Waals surface area contributed by atoms with E-state index in [-0.39, 0.29) is 17.2 Å². The largest absolute Gasteiger partial charge is 0.322 e. The van der Waals surface area contributed by atoms with E-state index in [4.69, 9.17) is 0 Å². The van der Waals surface area contributed by atoms with Gasteiger partial charge in [0, 0.05) is 17.8 Å². The summed E-state index contributed by atoms with van der Waals surface area (Å²) in [6.07, 6.45) is 0.971. The van der Waals surface area contributed by atoms with Crippen LogP contribution in [-0.4, -0.2) is 22.5 Å². The van der Waals surface area contributed by atoms with Crippen LogP contribution in [0, 0.1) is 0 Å². The number of thioether (sulfide) groups is 1. The van der Waals surface area contributed by atoms with Crippen LogP contribution < -0.4 is 5.32 Å². The molecule has 1 aliphatic heterocycles. The molecule has 0 aliphatic carbocycles. The molecule has 0 bridgehead atoms. The number of rotatable bonds is 6. The Balaban J connectivity index is 1.45. The van der Waals surface area contributed by atoms with Crippen LogP contribution in [0.5, 0.6) is 0 Å². The Morgan fingerprint density at radius 1 is 0.967 bits per heavy atom. The maximum absolute atomic E-state index is 12.6. The summed E-state index contributed by atoms with van der Waals surface area (Å²) in [6, 6.07) is 25.5. The predicted octanol–water partition coefficient (Wildman–Crippen LogP) is 5.28. The fourth-order valence-corrected chi connectivity index (χ4v) is 4.70. The lowest BCUT2D eigenvalue weighted by Crippen LogP contribution is -2.27. The third kappa shape index (κ3) is 4.57. The van der Waals surface area contributed by atoms with Crippen LogP contribution in [-0.2, 0) is 17.8 Å². The van der Waals surface area contributed by atoms with Crippen molar-refractivity contribution < 1.29 is 9.59 Å². The van der Waals surface area contributed by atoms with E-state index in [9.17, 15) is 9.59 Å². The van der Waals surface area contributed by atoms with Crippen LogP contribution in [0.3, 0.4) is 0 Å². The first-order valence-electron chi connectivity index (χ1n) is 10.1. The van der Waals surface area contributed by atoms with Crippen LogP contribution in [0.4, 0.5) is 5.69 Å². The third-order valence-corrected chi connectivity index (χ3v) is 6.50. The van der Waals surface area contributed by atoms with E-state index in [0.29, 0.717) is 17.9 Å². The first-order valence-corrected chi connectivity index (χ1v) is 11.1. The van der Waals surface area contributed by atoms with Crippen LogP contribution in [0.25, 0.3) is 0 Å². The van der Waals surface area contributed by atoms with Gasteiger partial charge in [-0.25, -0.2) is 0 Å². The Bertz CT molecular complexity index is 1020. The number of carbonyl (C=O) groups is 2. The minimum Gasteiger partial charge on any atom is -0.322 e. The summed E-state index contributed by atoms with van der Waals surface area (Å²) < 4.78 is 0. The molecule has 5 heteroatoms. The summed E-state index contributed by atoms with van der Waals surface area (Å²) in [7, 11) is 0. The van der Waals surface area contributed by atoms with Gasteiger partial charge in [0.15, 0.2) is 0 Å². The van der Waals surface area contributed by atoms with Crippen LogP contribution in [0.15, 0.2) is 78.9 Å². The standard InChI is InChI=1S/C25H24N2O2S/c1-2-18-8-14-22(15-9-18)26-24(29)20-10-12-21(13-11-20)25-27(23(28)17-30-25)16-19-6-4-3-5-7-19/h3-15,25H,2,16-17H2,1H3,(H,26,29). The number of amides is 2. The van der Waals surface area contributed by atoms with Gasteiger partial charge in [-0.05, 0) is 47.4 Å². The average Bonchev–Trinajstić information content (AvgIpc) is 3.15. The molecule has 0 radical (unpaired) electrons. The first kappa shape index (κ1) is 20.2. The van der Waals surface area contributed by atoms with Crippen molar-refractivity contribution >= 4 is 29.3 Å². The summed E-state index contributed by atoms with van der Waals surface area (Å²) in [6.45, 7) is 2.69. The van der Waals surface area contributed by atoms with E-state index in [1.807, 2.05) is 83.8 Å². The molecule has 1 N–H and O–H groups in total. The molecule has 152 valence electrons. The normalized spacial score (nSPS) is 16.0. The van der Waals surface area contributed by atoms with E-state index < -0.39 is 0 Å². The molecule has 3 aromatic rings. The lowest BCUT2D eigenvalue weighted by atomic mass is 10.1. The van der Waals surface area contributed by atoms with Gasteiger partial charge in [0.25, 0.3) is 5.91 Å². The molecule has 0 saturated carbocycles. The predicted molar refractivity (Wildman–Crippen MR) is 122 cm³/mol. The van der Waals surface area contributed by atoms with E-state index in [1.54, 1.807) is 11.8 Å². The number of hydrogen-bond acceptors (Lipinski definition) is 3. The summed E-state index contributed by atoms with van der Waals surface area (Å²) in [4.78, 5) is 26.9. The van der Waals surface area contributed by atoms with Gasteiger partial charge in [-0.1, -0.05) is 61.5 Å². The molecule has 1 saturated heterocycles. The molecule has 1 unspecified atom stereocenters. The molecule has 0 spiro atoms. The Labute approximate surface area is 181 Å². The fraction of sp³-hybridized carbons (Fsp3) is 0.200. The van der Waals surface area contributed by atoms with E-state index >= 15 is 0 Å². The number of carbonyl (C=O) groups excluding carboxylic acids is 2. The molecule has 1 aliphatic rings. The smallest absolute Gasteiger partial charge is 0.255 e. The summed E-state index contributed by atoms with van der Waals surface area (Å²) in [5, 5.41) is 2.91. The number of benzene rings is 3. The number of aryl methyl sites for hydroxylation is 1. The number of anilines is 1. The highest BCUT2D eigenvalue weighted by Crippen LogP contribution is 2.39. The zero-order chi connectivity index (χ0) is 20.9. The highest BCUT2D eigenvalue weighted by molar-refractivity contribution is 8.00. The molecule has 2 amide bonds. The molecule has 0 aromatic heterocycles. The van der Waals surface area contributed by atoms with Gasteiger partial charge in [-0.2, -0.15) is 0 Å². The Kier molecular flexibility index (Phi) is 6.19. The molecule has 1 atom stereocenters. The Hall–Kier alpha value is -3.05. The topological polar surface area (TPSA) is 49.4 Å². The van der Waals surface area contributed by atoms with Gasteiger partial charge in [-0.3, -0.25) is 9.59 Å². The highest BCUT2D eigenvalue weighted by Gasteiger charge is 2.32. The van der Waals surface area contributed by atoms with Gasteiger partial charge >= 0.3 is 0 Å². The molecule has 1 fully saturated rings. The summed E-state index contributed by atoms with van der Waals surface area (Å²) >= 11 is 1.63. The van der Waals surface area contributed by atoms with Crippen LogP contribution in [0.1, 0.15) is 39.3 Å². The molecule has 30 heavy (non-hydrogen) atoms. The lowest BCUT2D eigenvalue weighted by molar-refractivity contribution is -0.128. The second-order valence-electron chi connectivity index (χ2n) is 7.30. The summed E-state index contributed by atoms with van der Waals surface area (Å²) in [5.74, 6) is 0.487. The van der Waals surface area contributed by atoms with Gasteiger partial charge in [0.05, 0.1) is 5.75 Å². The quantitative estimate of drug-likeness (QED) is 0.595. The Morgan fingerprint density at radius 2 is 1.67 bits per heavy atom. The summed E-state index contributed by atoms with van der Waals surface area (Å²) in [5.41, 5.74) is 4.77. The zero-order valence-corrected chi connectivity index (χ0v) is 17.7. The van der Waals surface area contributed by atoms with Crippen LogP contribution in [0.2, 0.25) is 0 Å². The second kappa shape index (κ2) is 9.18. The van der Waals surface area contributed by atoms with Crippen molar-refractivity contribution in [1.29, 1.82) is 0 Å². The van der Waals surface area contributed by atoms with Gasteiger partial charge < -0.3 is 10.2 Å². The molecule has 4 rings (SSSR count). The van der Waals surface area contributed by atoms with E-state index in [2.05, 4.69) is 12.2 Å². The SMILES string of the molecule is CCc1ccc(NC(=O)c2ccc(C3SCC(=O)N3Cc3ccccc3)cc2)cc1. The Morgan fingerprint density at radius 3 is 2.33 bits per heavy atom. The lowest BCUT2D eigenvalue weighted by Gasteiger charge is -2.24. The zero-order valence-electron chi connectivity index (χ0n) is 16.9. The van der Waals surface area contributed by atoms with E-state index in [0.717, 1.165) is 23.2 Å². The van der Waals surface area contributed by atoms with Crippen molar-refractivity contribution in [3.05, 3.63) is 101 Å².